The first kappa shape index (κ1) is 16.7. The number of nitrogens with zero attached hydrogens (tertiary/aromatic N) is 2. The zero-order valence-electron chi connectivity index (χ0n) is 15.3. The average Bonchev–Trinajstić information content (AvgIpc) is 2.54. The second-order valence-corrected chi connectivity index (χ2v) is 10.6. The van der Waals surface area contributed by atoms with E-state index in [1.54, 1.807) is 0 Å². The molecule has 4 aliphatic carbocycles. The van der Waals surface area contributed by atoms with E-state index >= 15 is 0 Å². The topological polar surface area (TPSA) is 54.9 Å². The number of amides is 1. The van der Waals surface area contributed by atoms with Crippen LogP contribution < -0.4 is 5.32 Å². The summed E-state index contributed by atoms with van der Waals surface area (Å²) in [6, 6.07) is 5.86. The van der Waals surface area contributed by atoms with Gasteiger partial charge in [-0.05, 0) is 82.4 Å². The molecular formula is C21H24BrN3O. The molecule has 4 atom stereocenters. The van der Waals surface area contributed by atoms with E-state index in [-0.39, 0.29) is 15.6 Å². The SMILES string of the molecule is Cc1nc2ccc(NC(=O)C34C[C@@H]5C[C@@H](CC(Br)(C5)C3)C4)cc2nc1C. The molecule has 5 heteroatoms. The fourth-order valence-electron chi connectivity index (χ4n) is 5.99. The Morgan fingerprint density at radius 3 is 2.38 bits per heavy atom. The maximum absolute atomic E-state index is 13.3. The van der Waals surface area contributed by atoms with Crippen LogP contribution in [0.1, 0.15) is 49.9 Å². The Balaban J connectivity index is 1.43. The van der Waals surface area contributed by atoms with Crippen LogP contribution in [0, 0.1) is 31.1 Å². The first-order valence-corrected chi connectivity index (χ1v) is 10.4. The van der Waals surface area contributed by atoms with Gasteiger partial charge < -0.3 is 5.32 Å². The van der Waals surface area contributed by atoms with Crippen molar-refractivity contribution in [3.05, 3.63) is 29.6 Å². The highest BCUT2D eigenvalue weighted by Crippen LogP contribution is 2.64. The Morgan fingerprint density at radius 2 is 1.73 bits per heavy atom. The lowest BCUT2D eigenvalue weighted by Gasteiger charge is -2.59. The molecular weight excluding hydrogens is 390 g/mol. The van der Waals surface area contributed by atoms with E-state index < -0.39 is 0 Å². The first-order valence-electron chi connectivity index (χ1n) is 9.60. The Bertz CT molecular complexity index is 911. The molecule has 26 heavy (non-hydrogen) atoms. The van der Waals surface area contributed by atoms with Crippen molar-refractivity contribution in [3.63, 3.8) is 0 Å². The molecule has 1 N–H and O–H groups in total. The number of nitrogens with one attached hydrogen (secondary N) is 1. The highest BCUT2D eigenvalue weighted by molar-refractivity contribution is 9.10. The minimum absolute atomic E-state index is 0.192. The van der Waals surface area contributed by atoms with Gasteiger partial charge in [0.1, 0.15) is 0 Å². The minimum Gasteiger partial charge on any atom is -0.326 e. The van der Waals surface area contributed by atoms with Crippen molar-refractivity contribution >= 4 is 38.6 Å². The maximum atomic E-state index is 13.3. The molecule has 2 aromatic rings. The van der Waals surface area contributed by atoms with Crippen molar-refractivity contribution in [2.75, 3.05) is 5.32 Å². The van der Waals surface area contributed by atoms with Gasteiger partial charge in [0.15, 0.2) is 0 Å². The van der Waals surface area contributed by atoms with Crippen LogP contribution in [-0.2, 0) is 4.79 Å². The van der Waals surface area contributed by atoms with Crippen molar-refractivity contribution in [2.24, 2.45) is 17.3 Å². The summed E-state index contributed by atoms with van der Waals surface area (Å²) in [7, 11) is 0. The Morgan fingerprint density at radius 1 is 1.08 bits per heavy atom. The number of aryl methyl sites for hydroxylation is 2. The molecule has 0 spiro atoms. The van der Waals surface area contributed by atoms with Crippen LogP contribution in [0.2, 0.25) is 0 Å². The van der Waals surface area contributed by atoms with Gasteiger partial charge >= 0.3 is 0 Å². The monoisotopic (exact) mass is 413 g/mol. The fourth-order valence-corrected chi connectivity index (χ4v) is 7.44. The lowest BCUT2D eigenvalue weighted by Crippen LogP contribution is -2.57. The average molecular weight is 414 g/mol. The summed E-state index contributed by atoms with van der Waals surface area (Å²) in [4.78, 5) is 22.5. The van der Waals surface area contributed by atoms with Crippen LogP contribution in [0.3, 0.4) is 0 Å². The maximum Gasteiger partial charge on any atom is 0.230 e. The molecule has 0 radical (unpaired) electrons. The number of carbonyl (C=O) groups excluding carboxylic acids is 1. The molecule has 4 bridgehead atoms. The second-order valence-electron chi connectivity index (χ2n) is 8.94. The van der Waals surface area contributed by atoms with E-state index in [1.165, 1.54) is 19.3 Å². The van der Waals surface area contributed by atoms with Crippen molar-refractivity contribution in [3.8, 4) is 0 Å². The van der Waals surface area contributed by atoms with E-state index in [0.717, 1.165) is 47.4 Å². The lowest BCUT2D eigenvalue weighted by molar-refractivity contribution is -0.138. The third-order valence-corrected chi connectivity index (χ3v) is 7.73. The van der Waals surface area contributed by atoms with Crippen LogP contribution >= 0.6 is 15.9 Å². The van der Waals surface area contributed by atoms with Gasteiger partial charge in [0.25, 0.3) is 0 Å². The van der Waals surface area contributed by atoms with Crippen molar-refractivity contribution in [1.29, 1.82) is 0 Å². The van der Waals surface area contributed by atoms with Crippen molar-refractivity contribution in [2.45, 2.75) is 56.7 Å². The van der Waals surface area contributed by atoms with Gasteiger partial charge in [-0.25, -0.2) is 9.97 Å². The van der Waals surface area contributed by atoms with Gasteiger partial charge in [0.05, 0.1) is 27.8 Å². The van der Waals surface area contributed by atoms with Crippen LogP contribution in [0.4, 0.5) is 5.69 Å². The Hall–Kier alpha value is -1.49. The number of halogens is 1. The predicted molar refractivity (Wildman–Crippen MR) is 106 cm³/mol. The lowest BCUT2D eigenvalue weighted by atomic mass is 9.49. The molecule has 1 aromatic carbocycles. The van der Waals surface area contributed by atoms with Gasteiger partial charge in [-0.15, -0.1) is 0 Å². The van der Waals surface area contributed by atoms with Crippen molar-refractivity contribution in [1.82, 2.24) is 9.97 Å². The summed E-state index contributed by atoms with van der Waals surface area (Å²) in [5.74, 6) is 1.61. The fraction of sp³-hybridized carbons (Fsp3) is 0.571. The van der Waals surface area contributed by atoms with Gasteiger partial charge in [-0.2, -0.15) is 0 Å². The van der Waals surface area contributed by atoms with E-state index in [1.807, 2.05) is 32.0 Å². The predicted octanol–water partition coefficient (Wildman–Crippen LogP) is 4.92. The smallest absolute Gasteiger partial charge is 0.230 e. The number of hydrogen-bond donors (Lipinski definition) is 1. The van der Waals surface area contributed by atoms with Crippen LogP contribution in [-0.4, -0.2) is 20.2 Å². The number of rotatable bonds is 2. The molecule has 2 unspecified atom stereocenters. The highest BCUT2D eigenvalue weighted by atomic mass is 79.9. The summed E-state index contributed by atoms with van der Waals surface area (Å²) in [6.07, 6.45) is 6.87. The molecule has 4 nitrogen and oxygen atoms in total. The third-order valence-electron chi connectivity index (χ3n) is 6.80. The number of hydrogen-bond acceptors (Lipinski definition) is 3. The third kappa shape index (κ3) is 2.58. The van der Waals surface area contributed by atoms with E-state index in [0.29, 0.717) is 11.8 Å². The van der Waals surface area contributed by atoms with E-state index in [2.05, 4.69) is 31.2 Å². The summed E-state index contributed by atoms with van der Waals surface area (Å²) < 4.78 is 0.192. The zero-order valence-corrected chi connectivity index (χ0v) is 16.9. The standard InChI is InChI=1S/C21H24BrN3O/c1-12-13(2)24-18-6-16(3-4-17(18)23-12)25-19(26)20-7-14-5-15(8-20)10-21(22,9-14)11-20/h3-4,6,14-15H,5,7-11H2,1-2H3,(H,25,26)/t14-,15+,20?,21?. The van der Waals surface area contributed by atoms with Gasteiger partial charge in [0, 0.05) is 10.0 Å². The van der Waals surface area contributed by atoms with E-state index in [4.69, 9.17) is 0 Å². The molecule has 4 fully saturated rings. The van der Waals surface area contributed by atoms with Crippen LogP contribution in [0.25, 0.3) is 11.0 Å². The number of alkyl halides is 1. The molecule has 136 valence electrons. The molecule has 4 aliphatic rings. The van der Waals surface area contributed by atoms with Crippen LogP contribution in [0.5, 0.6) is 0 Å². The number of anilines is 1. The normalized spacial score (nSPS) is 35.0. The van der Waals surface area contributed by atoms with Gasteiger partial charge in [-0.1, -0.05) is 15.9 Å². The van der Waals surface area contributed by atoms with Crippen LogP contribution in [0.15, 0.2) is 18.2 Å². The number of benzene rings is 1. The molecule has 1 amide bonds. The summed E-state index contributed by atoms with van der Waals surface area (Å²) in [5, 5.41) is 3.21. The Kier molecular flexibility index (Phi) is 3.53. The number of carbonyl (C=O) groups is 1. The molecule has 0 aliphatic heterocycles. The molecule has 4 saturated carbocycles. The second kappa shape index (κ2) is 5.51. The van der Waals surface area contributed by atoms with Gasteiger partial charge in [0.2, 0.25) is 5.91 Å². The molecule has 1 aromatic heterocycles. The minimum atomic E-state index is -0.197. The molecule has 0 saturated heterocycles. The quantitative estimate of drug-likeness (QED) is 0.710. The first-order chi connectivity index (χ1) is 12.3. The summed E-state index contributed by atoms with van der Waals surface area (Å²) in [6.45, 7) is 3.94. The molecule has 6 rings (SSSR count). The summed E-state index contributed by atoms with van der Waals surface area (Å²) >= 11 is 4.00. The Labute approximate surface area is 162 Å². The number of aromatic nitrogens is 2. The van der Waals surface area contributed by atoms with Gasteiger partial charge in [-0.3, -0.25) is 4.79 Å². The van der Waals surface area contributed by atoms with E-state index in [9.17, 15) is 4.79 Å². The largest absolute Gasteiger partial charge is 0.326 e. The zero-order chi connectivity index (χ0) is 18.1. The van der Waals surface area contributed by atoms with Crippen molar-refractivity contribution < 1.29 is 4.79 Å². The molecule has 1 heterocycles. The number of fused-ring (bicyclic) bond motifs is 1. The highest BCUT2D eigenvalue weighted by Gasteiger charge is 2.59. The summed E-state index contributed by atoms with van der Waals surface area (Å²) in [5.41, 5.74) is 4.24.